The molecule has 17 heavy (non-hydrogen) atoms. The molecule has 1 N–H and O–H groups in total. The van der Waals surface area contributed by atoms with E-state index in [9.17, 15) is 4.79 Å². The number of ether oxygens (including phenoxy) is 1. The number of amides is 1. The van der Waals surface area contributed by atoms with Crippen molar-refractivity contribution in [3.05, 3.63) is 42.3 Å². The molecule has 3 heteroatoms. The van der Waals surface area contributed by atoms with Gasteiger partial charge in [-0.25, -0.2) is 4.79 Å². The van der Waals surface area contributed by atoms with Crippen LogP contribution in [0.3, 0.4) is 0 Å². The number of carbonyl (C=O) groups is 1. The van der Waals surface area contributed by atoms with Crippen LogP contribution in [0, 0.1) is 6.92 Å². The molecule has 0 aliphatic heterocycles. The number of hydrogen-bond donors (Lipinski definition) is 1. The maximum absolute atomic E-state index is 11.3. The fourth-order valence-electron chi connectivity index (χ4n) is 1.31. The van der Waals surface area contributed by atoms with E-state index in [0.29, 0.717) is 6.54 Å². The Balaban J connectivity index is 2.28. The quantitative estimate of drug-likeness (QED) is 0.871. The van der Waals surface area contributed by atoms with Crippen LogP contribution in [0.4, 0.5) is 4.79 Å². The number of benzene rings is 1. The Morgan fingerprint density at radius 2 is 1.88 bits per heavy atom. The van der Waals surface area contributed by atoms with E-state index in [4.69, 9.17) is 11.7 Å². The lowest BCUT2D eigenvalue weighted by Crippen LogP contribution is -2.33. The smallest absolute Gasteiger partial charge is 0.407 e. The van der Waals surface area contributed by atoms with Crippen LogP contribution < -0.4 is 5.32 Å². The summed E-state index contributed by atoms with van der Waals surface area (Å²) in [5.41, 5.74) is 1.43. The summed E-state index contributed by atoms with van der Waals surface area (Å²) in [5.74, 6) is 0. The molecule has 0 atom stereocenters. The Morgan fingerprint density at radius 1 is 1.29 bits per heavy atom. The summed E-state index contributed by atoms with van der Waals surface area (Å²) in [6, 6.07) is 7.60. The monoisotopic (exact) mass is 233 g/mol. The van der Waals surface area contributed by atoms with E-state index in [1.54, 1.807) is 0 Å². The molecular formula is C14H19NO2. The van der Waals surface area contributed by atoms with Gasteiger partial charge in [0.2, 0.25) is 0 Å². The molecule has 0 heterocycles. The van der Waals surface area contributed by atoms with Gasteiger partial charge in [0.05, 0.1) is 0 Å². The number of rotatable bonds is 3. The van der Waals surface area contributed by atoms with Crippen LogP contribution in [-0.2, 0) is 11.2 Å². The minimum absolute atomic E-state index is 0.382. The Bertz CT molecular complexity index is 363. The van der Waals surface area contributed by atoms with Gasteiger partial charge >= 0.3 is 6.09 Å². The summed E-state index contributed by atoms with van der Waals surface area (Å²) in [7, 11) is 0. The molecule has 0 spiro atoms. The molecule has 92 valence electrons. The molecule has 0 bridgehead atoms. The third kappa shape index (κ3) is 5.95. The zero-order chi connectivity index (χ0) is 12.9. The molecule has 1 rings (SSSR count). The molecule has 0 saturated carbocycles. The molecule has 0 aliphatic rings. The van der Waals surface area contributed by atoms with Crippen LogP contribution in [0.2, 0.25) is 0 Å². The van der Waals surface area contributed by atoms with Crippen molar-refractivity contribution in [1.29, 1.82) is 0 Å². The molecular weight excluding hydrogens is 214 g/mol. The van der Waals surface area contributed by atoms with Crippen molar-refractivity contribution in [2.24, 2.45) is 0 Å². The highest BCUT2D eigenvalue weighted by atomic mass is 16.6. The Kier molecular flexibility index (Phi) is 4.55. The van der Waals surface area contributed by atoms with Gasteiger partial charge in [-0.3, -0.25) is 0 Å². The Hall–Kier alpha value is -1.51. The van der Waals surface area contributed by atoms with E-state index in [0.717, 1.165) is 17.5 Å². The fourth-order valence-corrected chi connectivity index (χ4v) is 1.31. The van der Waals surface area contributed by atoms with E-state index < -0.39 is 5.60 Å². The summed E-state index contributed by atoms with van der Waals surface area (Å²) in [6.07, 6.45) is 0.382. The minimum Gasteiger partial charge on any atom is -0.444 e. The van der Waals surface area contributed by atoms with Crippen molar-refractivity contribution in [3.63, 3.8) is 0 Å². The molecule has 1 aromatic rings. The molecule has 0 saturated heterocycles. The maximum Gasteiger partial charge on any atom is 0.407 e. The first-order chi connectivity index (χ1) is 7.87. The van der Waals surface area contributed by atoms with Gasteiger partial charge < -0.3 is 10.1 Å². The predicted octanol–water partition coefficient (Wildman–Crippen LogP) is 2.81. The lowest BCUT2D eigenvalue weighted by atomic mass is 10.1. The first-order valence-electron chi connectivity index (χ1n) is 5.68. The van der Waals surface area contributed by atoms with Crippen molar-refractivity contribution in [2.45, 2.75) is 32.8 Å². The average Bonchev–Trinajstić information content (AvgIpc) is 2.18. The van der Waals surface area contributed by atoms with Crippen LogP contribution in [0.15, 0.2) is 24.3 Å². The lowest BCUT2D eigenvalue weighted by Gasteiger charge is -2.19. The van der Waals surface area contributed by atoms with E-state index in [2.05, 4.69) is 5.32 Å². The molecule has 0 aromatic heterocycles. The van der Waals surface area contributed by atoms with Gasteiger partial charge in [-0.2, -0.15) is 0 Å². The molecule has 2 radical (unpaired) electrons. The Morgan fingerprint density at radius 3 is 2.41 bits per heavy atom. The highest BCUT2D eigenvalue weighted by Gasteiger charge is 2.15. The van der Waals surface area contributed by atoms with Gasteiger partial charge in [0.25, 0.3) is 0 Å². The topological polar surface area (TPSA) is 38.3 Å². The second kappa shape index (κ2) is 5.71. The minimum atomic E-state index is -0.453. The van der Waals surface area contributed by atoms with Crippen LogP contribution in [0.1, 0.15) is 31.9 Å². The van der Waals surface area contributed by atoms with Crippen molar-refractivity contribution in [1.82, 2.24) is 5.32 Å². The highest BCUT2D eigenvalue weighted by molar-refractivity contribution is 5.67. The predicted molar refractivity (Wildman–Crippen MR) is 67.8 cm³/mol. The maximum atomic E-state index is 11.3. The summed E-state index contributed by atoms with van der Waals surface area (Å²) in [4.78, 5) is 11.3. The summed E-state index contributed by atoms with van der Waals surface area (Å²) in [5, 5.41) is 2.71. The lowest BCUT2D eigenvalue weighted by molar-refractivity contribution is 0.0528. The molecule has 1 aromatic carbocycles. The first-order valence-corrected chi connectivity index (χ1v) is 5.68. The van der Waals surface area contributed by atoms with Crippen molar-refractivity contribution < 1.29 is 9.53 Å². The molecule has 0 aliphatic carbocycles. The number of alkyl carbamates (subject to hydrolysis) is 1. The highest BCUT2D eigenvalue weighted by Crippen LogP contribution is 2.07. The SMILES string of the molecule is [CH]c1ccc(CCNC(=O)OC(C)(C)C)cc1. The van der Waals surface area contributed by atoms with Gasteiger partial charge in [-0.1, -0.05) is 24.3 Å². The van der Waals surface area contributed by atoms with E-state index in [-0.39, 0.29) is 6.09 Å². The zero-order valence-electron chi connectivity index (χ0n) is 10.6. The van der Waals surface area contributed by atoms with Gasteiger partial charge in [-0.05, 0) is 45.2 Å². The molecule has 1 amide bonds. The second-order valence-corrected chi connectivity index (χ2v) is 4.92. The molecule has 3 nitrogen and oxygen atoms in total. The summed E-state index contributed by atoms with van der Waals surface area (Å²) >= 11 is 0. The molecule has 0 fully saturated rings. The van der Waals surface area contributed by atoms with Gasteiger partial charge in [-0.15, -0.1) is 0 Å². The third-order valence-electron chi connectivity index (χ3n) is 2.06. The molecule has 0 unspecified atom stereocenters. The van der Waals surface area contributed by atoms with Crippen molar-refractivity contribution >= 4 is 6.09 Å². The number of nitrogens with one attached hydrogen (secondary N) is 1. The van der Waals surface area contributed by atoms with Crippen LogP contribution >= 0.6 is 0 Å². The number of hydrogen-bond acceptors (Lipinski definition) is 2. The van der Waals surface area contributed by atoms with E-state index in [1.165, 1.54) is 0 Å². The second-order valence-electron chi connectivity index (χ2n) is 4.92. The van der Waals surface area contributed by atoms with Crippen molar-refractivity contribution in [2.75, 3.05) is 6.54 Å². The van der Waals surface area contributed by atoms with E-state index >= 15 is 0 Å². The average molecular weight is 233 g/mol. The third-order valence-corrected chi connectivity index (χ3v) is 2.06. The summed E-state index contributed by atoms with van der Waals surface area (Å²) in [6.45, 7) is 11.7. The van der Waals surface area contributed by atoms with Gasteiger partial charge in [0.15, 0.2) is 0 Å². The van der Waals surface area contributed by atoms with Crippen LogP contribution in [0.5, 0.6) is 0 Å². The van der Waals surface area contributed by atoms with E-state index in [1.807, 2.05) is 45.0 Å². The standard InChI is InChI=1S/C14H19NO2/c1-11-5-7-12(8-6-11)9-10-15-13(16)17-14(2,3)4/h1,5-8H,9-10H2,2-4H3,(H,15,16). The first kappa shape index (κ1) is 13.6. The normalized spacial score (nSPS) is 11.1. The number of carbonyl (C=O) groups excluding carboxylic acids is 1. The fraction of sp³-hybridized carbons (Fsp3) is 0.429. The Labute approximate surface area is 103 Å². The zero-order valence-corrected chi connectivity index (χ0v) is 10.6. The summed E-state index contributed by atoms with van der Waals surface area (Å²) < 4.78 is 5.12. The van der Waals surface area contributed by atoms with Gasteiger partial charge in [0.1, 0.15) is 5.60 Å². The van der Waals surface area contributed by atoms with Crippen LogP contribution in [0.25, 0.3) is 0 Å². The van der Waals surface area contributed by atoms with Gasteiger partial charge in [0, 0.05) is 6.54 Å². The van der Waals surface area contributed by atoms with Crippen LogP contribution in [-0.4, -0.2) is 18.2 Å². The largest absolute Gasteiger partial charge is 0.444 e. The van der Waals surface area contributed by atoms with Crippen molar-refractivity contribution in [3.8, 4) is 0 Å².